The van der Waals surface area contributed by atoms with E-state index in [1.54, 1.807) is 13.2 Å². The largest absolute Gasteiger partial charge is 0.497 e. The lowest BCUT2D eigenvalue weighted by molar-refractivity contribution is 0.104. The molecule has 1 saturated heterocycles. The van der Waals surface area contributed by atoms with Gasteiger partial charge in [-0.2, -0.15) is 5.10 Å². The smallest absolute Gasteiger partial charge is 0.333 e. The van der Waals surface area contributed by atoms with Crippen molar-refractivity contribution in [3.8, 4) is 28.3 Å². The van der Waals surface area contributed by atoms with Crippen molar-refractivity contribution in [3.63, 3.8) is 0 Å². The van der Waals surface area contributed by atoms with Crippen molar-refractivity contribution in [1.29, 1.82) is 0 Å². The van der Waals surface area contributed by atoms with E-state index in [1.165, 1.54) is 0 Å². The molecule has 2 heterocycles. The summed E-state index contributed by atoms with van der Waals surface area (Å²) >= 11 is 0. The fraction of sp³-hybridized carbons (Fsp3) is 0.261. The number of benzene rings is 2. The molecule has 0 spiro atoms. The van der Waals surface area contributed by atoms with Crippen molar-refractivity contribution in [2.45, 2.75) is 0 Å². The van der Waals surface area contributed by atoms with E-state index in [2.05, 4.69) is 32.9 Å². The number of ether oxygens (including phenoxy) is 1. The number of piperazine rings is 1. The van der Waals surface area contributed by atoms with Gasteiger partial charge in [0.05, 0.1) is 29.6 Å². The van der Waals surface area contributed by atoms with Gasteiger partial charge in [-0.15, -0.1) is 0 Å². The molecule has 0 bridgehead atoms. The van der Waals surface area contributed by atoms with Crippen molar-refractivity contribution < 1.29 is 14.3 Å². The van der Waals surface area contributed by atoms with E-state index in [1.807, 2.05) is 41.4 Å². The van der Waals surface area contributed by atoms with Crippen molar-refractivity contribution in [2.24, 2.45) is 0 Å². The van der Waals surface area contributed by atoms with Crippen molar-refractivity contribution in [1.82, 2.24) is 25.5 Å². The van der Waals surface area contributed by atoms with Crippen LogP contribution in [0.4, 0.5) is 10.5 Å². The first kappa shape index (κ1) is 20.2. The number of aromatic nitrogens is 2. The quantitative estimate of drug-likeness (QED) is 0.458. The number of hydrazine groups is 1. The Balaban J connectivity index is 1.40. The van der Waals surface area contributed by atoms with Crippen LogP contribution in [0.5, 0.6) is 5.75 Å². The van der Waals surface area contributed by atoms with Gasteiger partial charge in [-0.25, -0.2) is 9.80 Å². The number of carbonyl (C=O) groups excluding carboxylic acids is 2. The first-order valence-electron chi connectivity index (χ1n) is 10.5. The Morgan fingerprint density at radius 2 is 1.81 bits per heavy atom. The summed E-state index contributed by atoms with van der Waals surface area (Å²) in [5, 5.41) is 12.1. The maximum absolute atomic E-state index is 13.4. The molecule has 2 aliphatic rings. The molecule has 1 aromatic heterocycles. The molecule has 3 aromatic rings. The van der Waals surface area contributed by atoms with Crippen LogP contribution in [0.25, 0.3) is 22.5 Å². The van der Waals surface area contributed by atoms with Gasteiger partial charge < -0.3 is 15.0 Å². The minimum absolute atomic E-state index is 0.162. The molecule has 3 N–H and O–H groups in total. The first-order valence-corrected chi connectivity index (χ1v) is 10.5. The number of ketones is 1. The highest BCUT2D eigenvalue weighted by atomic mass is 16.5. The van der Waals surface area contributed by atoms with Gasteiger partial charge in [0.25, 0.3) is 0 Å². The highest BCUT2D eigenvalue weighted by molar-refractivity contribution is 6.26. The average molecular weight is 432 g/mol. The van der Waals surface area contributed by atoms with E-state index in [0.717, 1.165) is 43.1 Å². The van der Waals surface area contributed by atoms with E-state index >= 15 is 0 Å². The number of carbonyl (C=O) groups is 2. The molecule has 0 saturated carbocycles. The number of aromatic amines is 1. The zero-order valence-corrected chi connectivity index (χ0v) is 17.9. The highest BCUT2D eigenvalue weighted by Crippen LogP contribution is 2.43. The van der Waals surface area contributed by atoms with Crippen LogP contribution in [0.1, 0.15) is 15.9 Å². The topological polar surface area (TPSA) is 103 Å². The number of likely N-dealkylation sites (N-methyl/N-ethyl adjacent to an activating group) is 1. The number of fused-ring (bicyclic) bond motifs is 3. The molecule has 9 heteroatoms. The molecular formula is C23H24N6O3. The first-order chi connectivity index (χ1) is 15.5. The number of hydrogen-bond acceptors (Lipinski definition) is 6. The molecule has 1 fully saturated rings. The summed E-state index contributed by atoms with van der Waals surface area (Å²) in [6.07, 6.45) is 0. The Morgan fingerprint density at radius 1 is 1.06 bits per heavy atom. The number of nitrogens with zero attached hydrogens (tertiary/aromatic N) is 3. The van der Waals surface area contributed by atoms with E-state index < -0.39 is 0 Å². The molecule has 9 nitrogen and oxygen atoms in total. The fourth-order valence-electron chi connectivity index (χ4n) is 4.16. The van der Waals surface area contributed by atoms with E-state index in [0.29, 0.717) is 28.2 Å². The Morgan fingerprint density at radius 3 is 2.53 bits per heavy atom. The number of rotatable bonds is 4. The van der Waals surface area contributed by atoms with Gasteiger partial charge >= 0.3 is 6.03 Å². The van der Waals surface area contributed by atoms with Gasteiger partial charge in [0, 0.05) is 37.3 Å². The predicted octanol–water partition coefficient (Wildman–Crippen LogP) is 2.58. The van der Waals surface area contributed by atoms with Crippen LogP contribution < -0.4 is 15.5 Å². The van der Waals surface area contributed by atoms with Crippen LogP contribution >= 0.6 is 0 Å². The molecule has 0 radical (unpaired) electrons. The third-order valence-electron chi connectivity index (χ3n) is 5.93. The molecule has 1 aliphatic carbocycles. The zero-order chi connectivity index (χ0) is 22.2. The van der Waals surface area contributed by atoms with Crippen molar-refractivity contribution in [3.05, 3.63) is 53.6 Å². The molecule has 5 rings (SSSR count). The van der Waals surface area contributed by atoms with Crippen molar-refractivity contribution >= 4 is 17.5 Å². The van der Waals surface area contributed by atoms with Gasteiger partial charge in [0.2, 0.25) is 0 Å². The van der Waals surface area contributed by atoms with E-state index in [9.17, 15) is 9.59 Å². The average Bonchev–Trinajstić information content (AvgIpc) is 3.36. The molecule has 0 unspecified atom stereocenters. The van der Waals surface area contributed by atoms with Gasteiger partial charge in [-0.3, -0.25) is 15.3 Å². The Hall–Kier alpha value is -3.69. The number of hydrogen-bond donors (Lipinski definition) is 3. The fourth-order valence-corrected chi connectivity index (χ4v) is 4.16. The summed E-state index contributed by atoms with van der Waals surface area (Å²) in [6.45, 7) is 3.26. The number of anilines is 1. The van der Waals surface area contributed by atoms with E-state index in [4.69, 9.17) is 4.74 Å². The summed E-state index contributed by atoms with van der Waals surface area (Å²) in [7, 11) is 3.66. The molecule has 2 aromatic carbocycles. The molecule has 0 atom stereocenters. The minimum Gasteiger partial charge on any atom is -0.497 e. The van der Waals surface area contributed by atoms with E-state index in [-0.39, 0.29) is 11.8 Å². The monoisotopic (exact) mass is 432 g/mol. The molecule has 2 amide bonds. The number of amides is 2. The van der Waals surface area contributed by atoms with Crippen LogP contribution in [0.15, 0.2) is 42.5 Å². The number of nitrogens with one attached hydrogen (secondary N) is 3. The van der Waals surface area contributed by atoms with Crippen LogP contribution in [-0.4, -0.2) is 72.3 Å². The molecule has 32 heavy (non-hydrogen) atoms. The third kappa shape index (κ3) is 3.51. The lowest BCUT2D eigenvalue weighted by Gasteiger charge is -2.32. The normalized spacial score (nSPS) is 15.9. The Kier molecular flexibility index (Phi) is 5.12. The summed E-state index contributed by atoms with van der Waals surface area (Å²) < 4.78 is 5.22. The minimum atomic E-state index is -0.361. The maximum atomic E-state index is 13.4. The lowest BCUT2D eigenvalue weighted by Crippen LogP contribution is -2.53. The van der Waals surface area contributed by atoms with Gasteiger partial charge in [-0.05, 0) is 37.4 Å². The van der Waals surface area contributed by atoms with Crippen LogP contribution in [0, 0.1) is 0 Å². The van der Waals surface area contributed by atoms with Crippen LogP contribution in [0.3, 0.4) is 0 Å². The standard InChI is InChI=1S/C23H24N6O3/c1-28-10-12-29(13-11-28)27-23(31)24-17-5-3-4-16-18(17)22(30)19-20(25-26-21(16)19)14-6-8-15(32-2)9-7-14/h3-9H,10-13H2,1-2H3,(H,25,26)(H2,24,27,31). The maximum Gasteiger partial charge on any atom is 0.333 e. The number of methoxy groups -OCH3 is 1. The number of urea groups is 1. The predicted molar refractivity (Wildman–Crippen MR) is 121 cm³/mol. The number of H-pyrrole nitrogens is 1. The molecule has 1 aliphatic heterocycles. The van der Waals surface area contributed by atoms with Gasteiger partial charge in [0.15, 0.2) is 5.78 Å². The summed E-state index contributed by atoms with van der Waals surface area (Å²) in [6, 6.07) is 12.5. The Bertz CT molecular complexity index is 1180. The van der Waals surface area contributed by atoms with Gasteiger partial charge in [0.1, 0.15) is 11.4 Å². The molecular weight excluding hydrogens is 408 g/mol. The molecule has 164 valence electrons. The highest BCUT2D eigenvalue weighted by Gasteiger charge is 2.35. The second-order valence-corrected chi connectivity index (χ2v) is 7.96. The SMILES string of the molecule is COc1ccc(-c2n[nH]c3c2C(=O)c2c(NC(=O)NN4CCN(C)CC4)cccc2-3)cc1. The summed E-state index contributed by atoms with van der Waals surface area (Å²) in [5.41, 5.74) is 7.12. The van der Waals surface area contributed by atoms with Crippen LogP contribution in [-0.2, 0) is 0 Å². The van der Waals surface area contributed by atoms with Gasteiger partial charge in [-0.1, -0.05) is 12.1 Å². The van der Waals surface area contributed by atoms with Crippen molar-refractivity contribution in [2.75, 3.05) is 45.7 Å². The second-order valence-electron chi connectivity index (χ2n) is 7.96. The second kappa shape index (κ2) is 8.10. The summed E-state index contributed by atoms with van der Waals surface area (Å²) in [4.78, 5) is 28.2. The van der Waals surface area contributed by atoms with Crippen LogP contribution in [0.2, 0.25) is 0 Å². The lowest BCUT2D eigenvalue weighted by atomic mass is 10.0. The zero-order valence-electron chi connectivity index (χ0n) is 17.9. The third-order valence-corrected chi connectivity index (χ3v) is 5.93. The summed E-state index contributed by atoms with van der Waals surface area (Å²) in [5.74, 6) is 0.568. The Labute approximate surface area is 185 Å².